The van der Waals surface area contributed by atoms with E-state index in [0.29, 0.717) is 11.3 Å². The zero-order valence-electron chi connectivity index (χ0n) is 11.8. The van der Waals surface area contributed by atoms with Gasteiger partial charge >= 0.3 is 0 Å². The second-order valence-electron chi connectivity index (χ2n) is 4.76. The number of rotatable bonds is 3. The van der Waals surface area contributed by atoms with Crippen molar-refractivity contribution in [2.45, 2.75) is 6.92 Å². The van der Waals surface area contributed by atoms with Crippen molar-refractivity contribution in [3.63, 3.8) is 0 Å². The predicted molar refractivity (Wildman–Crippen MR) is 86.2 cm³/mol. The summed E-state index contributed by atoms with van der Waals surface area (Å²) in [6, 6.07) is 11.4. The van der Waals surface area contributed by atoms with Gasteiger partial charge in [0.2, 0.25) is 0 Å². The summed E-state index contributed by atoms with van der Waals surface area (Å²) in [4.78, 5) is 14.0. The van der Waals surface area contributed by atoms with Gasteiger partial charge in [0.25, 0.3) is 5.91 Å². The third kappa shape index (κ3) is 3.25. The van der Waals surface area contributed by atoms with Gasteiger partial charge < -0.3 is 10.6 Å². The van der Waals surface area contributed by atoms with Gasteiger partial charge in [-0.3, -0.25) is 4.79 Å². The highest BCUT2D eigenvalue weighted by molar-refractivity contribution is 7.80. The lowest BCUT2D eigenvalue weighted by atomic mass is 10.1. The quantitative estimate of drug-likeness (QED) is 0.886. The van der Waals surface area contributed by atoms with Gasteiger partial charge in [0, 0.05) is 18.3 Å². The number of halogens is 1. The number of nitrogens with two attached hydrogens (primary N) is 1. The fraction of sp³-hybridized carbons (Fsp3) is 0.125. The van der Waals surface area contributed by atoms with Crippen LogP contribution in [0.2, 0.25) is 0 Å². The van der Waals surface area contributed by atoms with E-state index in [-0.39, 0.29) is 10.6 Å². The largest absolute Gasteiger partial charge is 0.389 e. The maximum absolute atomic E-state index is 13.8. The Morgan fingerprint density at radius 1 is 1.24 bits per heavy atom. The van der Waals surface area contributed by atoms with Gasteiger partial charge in [-0.15, -0.1) is 0 Å². The third-order valence-electron chi connectivity index (χ3n) is 3.17. The number of amides is 1. The molecule has 0 aliphatic heterocycles. The van der Waals surface area contributed by atoms with Crippen LogP contribution in [0.15, 0.2) is 42.5 Å². The molecule has 2 aromatic rings. The number of carbonyl (C=O) groups is 1. The van der Waals surface area contributed by atoms with E-state index in [2.05, 4.69) is 0 Å². The van der Waals surface area contributed by atoms with E-state index in [1.165, 1.54) is 17.0 Å². The molecule has 2 aromatic carbocycles. The smallest absolute Gasteiger partial charge is 0.260 e. The lowest BCUT2D eigenvalue weighted by Gasteiger charge is -2.18. The highest BCUT2D eigenvalue weighted by Crippen LogP contribution is 2.19. The molecular weight excluding hydrogens is 287 g/mol. The third-order valence-corrected chi connectivity index (χ3v) is 3.41. The van der Waals surface area contributed by atoms with E-state index in [1.807, 2.05) is 6.92 Å². The van der Waals surface area contributed by atoms with Gasteiger partial charge in [0.15, 0.2) is 0 Å². The summed E-state index contributed by atoms with van der Waals surface area (Å²) in [5.41, 5.74) is 7.71. The number of hydrogen-bond acceptors (Lipinski definition) is 2. The predicted octanol–water partition coefficient (Wildman–Crippen LogP) is 3.04. The summed E-state index contributed by atoms with van der Waals surface area (Å²) in [6.07, 6.45) is 0. The van der Waals surface area contributed by atoms with Crippen molar-refractivity contribution in [1.29, 1.82) is 0 Å². The van der Waals surface area contributed by atoms with Crippen LogP contribution in [0.4, 0.5) is 10.1 Å². The van der Waals surface area contributed by atoms with Crippen LogP contribution in [-0.4, -0.2) is 17.9 Å². The van der Waals surface area contributed by atoms with E-state index in [4.69, 9.17) is 18.0 Å². The fourth-order valence-corrected chi connectivity index (χ4v) is 2.10. The second kappa shape index (κ2) is 6.01. The number of carbonyl (C=O) groups excluding carboxylic acids is 1. The monoisotopic (exact) mass is 302 g/mol. The maximum Gasteiger partial charge on any atom is 0.260 e. The van der Waals surface area contributed by atoms with Gasteiger partial charge in [-0.05, 0) is 31.2 Å². The second-order valence-corrected chi connectivity index (χ2v) is 5.20. The first-order valence-corrected chi connectivity index (χ1v) is 6.75. The van der Waals surface area contributed by atoms with E-state index in [1.54, 1.807) is 37.4 Å². The molecule has 1 amide bonds. The summed E-state index contributed by atoms with van der Waals surface area (Å²) in [5, 5.41) is 0. The summed E-state index contributed by atoms with van der Waals surface area (Å²) in [6.45, 7) is 1.81. The molecule has 0 aliphatic carbocycles. The maximum atomic E-state index is 13.8. The highest BCUT2D eigenvalue weighted by Gasteiger charge is 2.18. The molecule has 0 bridgehead atoms. The Morgan fingerprint density at radius 2 is 1.95 bits per heavy atom. The zero-order chi connectivity index (χ0) is 15.6. The molecule has 2 N–H and O–H groups in total. The van der Waals surface area contributed by atoms with E-state index < -0.39 is 11.7 Å². The van der Waals surface area contributed by atoms with Crippen LogP contribution in [0.3, 0.4) is 0 Å². The van der Waals surface area contributed by atoms with Crippen molar-refractivity contribution in [2.75, 3.05) is 11.9 Å². The van der Waals surface area contributed by atoms with Crippen LogP contribution >= 0.6 is 12.2 Å². The van der Waals surface area contributed by atoms with Crippen LogP contribution in [0.25, 0.3) is 0 Å². The topological polar surface area (TPSA) is 46.3 Å². The van der Waals surface area contributed by atoms with Gasteiger partial charge in [-0.25, -0.2) is 4.39 Å². The number of hydrogen-bond donors (Lipinski definition) is 1. The van der Waals surface area contributed by atoms with Gasteiger partial charge in [0.1, 0.15) is 10.8 Å². The van der Waals surface area contributed by atoms with E-state index in [0.717, 1.165) is 5.56 Å². The lowest BCUT2D eigenvalue weighted by Crippen LogP contribution is -2.27. The van der Waals surface area contributed by atoms with Gasteiger partial charge in [0.05, 0.1) is 5.56 Å². The van der Waals surface area contributed by atoms with E-state index in [9.17, 15) is 9.18 Å². The molecule has 108 valence electrons. The van der Waals surface area contributed by atoms with Crippen LogP contribution < -0.4 is 10.6 Å². The molecule has 0 spiro atoms. The molecule has 0 saturated carbocycles. The van der Waals surface area contributed by atoms with Crippen LogP contribution in [-0.2, 0) is 0 Å². The van der Waals surface area contributed by atoms with Crippen molar-refractivity contribution in [3.8, 4) is 0 Å². The molecular formula is C16H15FN2OS. The van der Waals surface area contributed by atoms with Crippen molar-refractivity contribution < 1.29 is 9.18 Å². The summed E-state index contributed by atoms with van der Waals surface area (Å²) < 4.78 is 13.8. The number of aryl methyl sites for hydroxylation is 1. The summed E-state index contributed by atoms with van der Waals surface area (Å²) in [7, 11) is 1.59. The Bertz CT molecular complexity index is 715. The first-order valence-electron chi connectivity index (χ1n) is 6.34. The molecule has 2 rings (SSSR count). The highest BCUT2D eigenvalue weighted by atomic mass is 32.1. The van der Waals surface area contributed by atoms with E-state index >= 15 is 0 Å². The van der Waals surface area contributed by atoms with Gasteiger partial charge in [-0.1, -0.05) is 36.0 Å². The Kier molecular flexibility index (Phi) is 4.33. The van der Waals surface area contributed by atoms with Crippen molar-refractivity contribution in [3.05, 3.63) is 65.0 Å². The average Bonchev–Trinajstić information content (AvgIpc) is 2.48. The standard InChI is InChI=1S/C16H15FN2OS/c1-10-6-7-14(17)13(8-10)16(20)19(2)12-5-3-4-11(9-12)15(18)21/h3-9H,1-2H3,(H2,18,21). The Labute approximate surface area is 128 Å². The van der Waals surface area contributed by atoms with Crippen molar-refractivity contribution in [2.24, 2.45) is 5.73 Å². The molecule has 21 heavy (non-hydrogen) atoms. The van der Waals surface area contributed by atoms with Crippen molar-refractivity contribution >= 4 is 28.8 Å². The van der Waals surface area contributed by atoms with Crippen molar-refractivity contribution in [1.82, 2.24) is 0 Å². The number of benzene rings is 2. The summed E-state index contributed by atoms with van der Waals surface area (Å²) >= 11 is 4.92. The Balaban J connectivity index is 2.37. The normalized spacial score (nSPS) is 10.2. The van der Waals surface area contributed by atoms with Crippen LogP contribution in [0.1, 0.15) is 21.5 Å². The average molecular weight is 302 g/mol. The number of thiocarbonyl (C=S) groups is 1. The minimum Gasteiger partial charge on any atom is -0.389 e. The van der Waals surface area contributed by atoms with Gasteiger partial charge in [-0.2, -0.15) is 0 Å². The molecule has 0 fully saturated rings. The number of nitrogens with zero attached hydrogens (tertiary/aromatic N) is 1. The number of anilines is 1. The molecule has 5 heteroatoms. The Hall–Kier alpha value is -2.27. The lowest BCUT2D eigenvalue weighted by molar-refractivity contribution is 0.0989. The van der Waals surface area contributed by atoms with Crippen LogP contribution in [0, 0.1) is 12.7 Å². The molecule has 3 nitrogen and oxygen atoms in total. The Morgan fingerprint density at radius 3 is 2.62 bits per heavy atom. The fourth-order valence-electron chi connectivity index (χ4n) is 1.97. The summed E-state index contributed by atoms with van der Waals surface area (Å²) in [5.74, 6) is -0.959. The first kappa shape index (κ1) is 15.1. The molecule has 0 radical (unpaired) electrons. The SMILES string of the molecule is Cc1ccc(F)c(C(=O)N(C)c2cccc(C(N)=S)c2)c1. The molecule has 0 aliphatic rings. The first-order chi connectivity index (χ1) is 9.90. The zero-order valence-corrected chi connectivity index (χ0v) is 12.6. The molecule has 0 heterocycles. The molecule has 0 aromatic heterocycles. The minimum atomic E-state index is -0.539. The minimum absolute atomic E-state index is 0.0400. The molecule has 0 unspecified atom stereocenters. The molecule has 0 saturated heterocycles. The molecule has 0 atom stereocenters. The van der Waals surface area contributed by atoms with Crippen LogP contribution in [0.5, 0.6) is 0 Å².